The van der Waals surface area contributed by atoms with E-state index in [1.54, 1.807) is 18.3 Å². The van der Waals surface area contributed by atoms with E-state index in [0.717, 1.165) is 11.3 Å². The van der Waals surface area contributed by atoms with Crippen LogP contribution in [0.25, 0.3) is 5.57 Å². The zero-order chi connectivity index (χ0) is 15.5. The van der Waals surface area contributed by atoms with Gasteiger partial charge in [-0.25, -0.2) is 4.98 Å². The van der Waals surface area contributed by atoms with Gasteiger partial charge >= 0.3 is 0 Å². The third-order valence-corrected chi connectivity index (χ3v) is 3.61. The van der Waals surface area contributed by atoms with E-state index in [4.69, 9.17) is 16.7 Å². The van der Waals surface area contributed by atoms with Crippen LogP contribution in [0.15, 0.2) is 42.6 Å². The fourth-order valence-corrected chi connectivity index (χ4v) is 2.49. The van der Waals surface area contributed by atoms with Gasteiger partial charge in [-0.2, -0.15) is 0 Å². The lowest BCUT2D eigenvalue weighted by Crippen LogP contribution is -2.06. The van der Waals surface area contributed by atoms with Gasteiger partial charge in [-0.1, -0.05) is 29.8 Å². The molecule has 1 aromatic heterocycles. The fourth-order valence-electron chi connectivity index (χ4n) is 2.34. The quantitative estimate of drug-likeness (QED) is 0.599. The number of aliphatic hydroxyl groups excluding tert-OH is 1. The monoisotopic (exact) mass is 315 g/mol. The van der Waals surface area contributed by atoms with Crippen molar-refractivity contribution in [3.05, 3.63) is 58.9 Å². The van der Waals surface area contributed by atoms with E-state index in [2.05, 4.69) is 15.6 Å². The summed E-state index contributed by atoms with van der Waals surface area (Å²) in [5, 5.41) is 15.2. The largest absolute Gasteiger partial charge is 0.396 e. The zero-order valence-corrected chi connectivity index (χ0v) is 12.4. The van der Waals surface area contributed by atoms with Crippen molar-refractivity contribution in [1.82, 2.24) is 4.98 Å². The Morgan fingerprint density at radius 1 is 1.27 bits per heavy atom. The predicted octanol–water partition coefficient (Wildman–Crippen LogP) is 2.67. The summed E-state index contributed by atoms with van der Waals surface area (Å²) < 4.78 is 0. The van der Waals surface area contributed by atoms with Gasteiger partial charge in [0.15, 0.2) is 0 Å². The molecule has 0 fully saturated rings. The van der Waals surface area contributed by atoms with Crippen LogP contribution in [0, 0.1) is 0 Å². The number of carbonyl (C=O) groups is 1. The summed E-state index contributed by atoms with van der Waals surface area (Å²) in [5.41, 5.74) is 3.04. The van der Waals surface area contributed by atoms with Crippen molar-refractivity contribution in [2.24, 2.45) is 0 Å². The van der Waals surface area contributed by atoms with Crippen LogP contribution < -0.4 is 10.6 Å². The number of hydrogen-bond acceptors (Lipinski definition) is 4. The van der Waals surface area contributed by atoms with E-state index >= 15 is 0 Å². The van der Waals surface area contributed by atoms with Crippen LogP contribution in [0.2, 0.25) is 5.15 Å². The van der Waals surface area contributed by atoms with Gasteiger partial charge in [0.1, 0.15) is 11.0 Å². The molecule has 5 nitrogen and oxygen atoms in total. The molecule has 0 atom stereocenters. The van der Waals surface area contributed by atoms with Gasteiger partial charge in [0.2, 0.25) is 0 Å². The molecule has 1 aliphatic heterocycles. The molecule has 22 heavy (non-hydrogen) atoms. The van der Waals surface area contributed by atoms with E-state index in [1.165, 1.54) is 0 Å². The Kier molecular flexibility index (Phi) is 4.09. The average Bonchev–Trinajstić information content (AvgIpc) is 2.81. The Hall–Kier alpha value is -2.37. The van der Waals surface area contributed by atoms with E-state index in [0.29, 0.717) is 28.5 Å². The summed E-state index contributed by atoms with van der Waals surface area (Å²) in [5.74, 6) is 0.242. The van der Waals surface area contributed by atoms with Gasteiger partial charge in [0.25, 0.3) is 5.91 Å². The number of para-hydroxylation sites is 1. The highest BCUT2D eigenvalue weighted by Gasteiger charge is 2.25. The van der Waals surface area contributed by atoms with Gasteiger partial charge in [-0.3, -0.25) is 4.79 Å². The van der Waals surface area contributed by atoms with Gasteiger partial charge in [-0.15, -0.1) is 0 Å². The van der Waals surface area contributed by atoms with Crippen molar-refractivity contribution < 1.29 is 9.90 Å². The summed E-state index contributed by atoms with van der Waals surface area (Å²) in [7, 11) is 0. The van der Waals surface area contributed by atoms with Gasteiger partial charge < -0.3 is 15.7 Å². The molecule has 1 aromatic carbocycles. The second kappa shape index (κ2) is 6.17. The van der Waals surface area contributed by atoms with Crippen LogP contribution in [0.4, 0.5) is 11.5 Å². The van der Waals surface area contributed by atoms with Crippen molar-refractivity contribution in [1.29, 1.82) is 0 Å². The molecule has 0 radical (unpaired) electrons. The number of pyridine rings is 1. The van der Waals surface area contributed by atoms with Crippen molar-refractivity contribution in [3.63, 3.8) is 0 Å². The third-order valence-electron chi connectivity index (χ3n) is 3.40. The first-order valence-electron chi connectivity index (χ1n) is 6.83. The summed E-state index contributed by atoms with van der Waals surface area (Å²) in [6.07, 6.45) is 2.19. The number of carbonyl (C=O) groups excluding carboxylic acids is 1. The number of nitrogens with zero attached hydrogens (tertiary/aromatic N) is 1. The molecular formula is C16H14ClN3O2. The minimum absolute atomic E-state index is 0.0704. The second-order valence-corrected chi connectivity index (χ2v) is 5.20. The molecule has 0 unspecified atom stereocenters. The lowest BCUT2D eigenvalue weighted by Gasteiger charge is -2.08. The van der Waals surface area contributed by atoms with Crippen LogP contribution in [0.5, 0.6) is 0 Å². The number of hydrogen-bond donors (Lipinski definition) is 3. The minimum Gasteiger partial charge on any atom is -0.396 e. The van der Waals surface area contributed by atoms with Gasteiger partial charge in [0, 0.05) is 24.1 Å². The minimum atomic E-state index is -0.225. The molecular weight excluding hydrogens is 302 g/mol. The van der Waals surface area contributed by atoms with Crippen molar-refractivity contribution >= 4 is 34.6 Å². The van der Waals surface area contributed by atoms with E-state index < -0.39 is 0 Å². The number of anilines is 2. The molecule has 0 aliphatic carbocycles. The summed E-state index contributed by atoms with van der Waals surface area (Å²) in [6, 6.07) is 11.0. The van der Waals surface area contributed by atoms with Crippen LogP contribution in [-0.2, 0) is 11.2 Å². The maximum Gasteiger partial charge on any atom is 0.259 e. The SMILES string of the molecule is O=C1Nc2nc(Cl)ccc2C1=CNc1ccccc1CCO. The maximum atomic E-state index is 12.0. The highest BCUT2D eigenvalue weighted by Crippen LogP contribution is 2.31. The first-order valence-corrected chi connectivity index (χ1v) is 7.20. The molecule has 3 rings (SSSR count). The third kappa shape index (κ3) is 2.81. The second-order valence-electron chi connectivity index (χ2n) is 4.82. The van der Waals surface area contributed by atoms with Crippen molar-refractivity contribution in [2.75, 3.05) is 17.2 Å². The number of fused-ring (bicyclic) bond motifs is 1. The highest BCUT2D eigenvalue weighted by molar-refractivity contribution is 6.33. The fraction of sp³-hybridized carbons (Fsp3) is 0.125. The Morgan fingerprint density at radius 2 is 2.09 bits per heavy atom. The molecule has 1 aliphatic rings. The molecule has 0 spiro atoms. The summed E-state index contributed by atoms with van der Waals surface area (Å²) in [4.78, 5) is 16.1. The lowest BCUT2D eigenvalue weighted by molar-refractivity contribution is -0.110. The Bertz CT molecular complexity index is 759. The molecule has 3 N–H and O–H groups in total. The smallest absolute Gasteiger partial charge is 0.259 e. The number of aliphatic hydroxyl groups is 1. The molecule has 2 aromatic rings. The molecule has 6 heteroatoms. The molecule has 2 heterocycles. The first-order chi connectivity index (χ1) is 10.7. The lowest BCUT2D eigenvalue weighted by atomic mass is 10.1. The summed E-state index contributed by atoms with van der Waals surface area (Å²) in [6.45, 7) is 0.0704. The Labute approximate surface area is 132 Å². The molecule has 0 bridgehead atoms. The van der Waals surface area contributed by atoms with Crippen LogP contribution >= 0.6 is 11.6 Å². The zero-order valence-electron chi connectivity index (χ0n) is 11.6. The standard InChI is InChI=1S/C16H14ClN3O2/c17-14-6-5-11-12(16(22)20-15(11)19-14)9-18-13-4-2-1-3-10(13)7-8-21/h1-6,9,18,21H,7-8H2,(H,19,20,22). The number of benzene rings is 1. The topological polar surface area (TPSA) is 74.2 Å². The van der Waals surface area contributed by atoms with Crippen LogP contribution in [0.3, 0.4) is 0 Å². The first kappa shape index (κ1) is 14.6. The summed E-state index contributed by atoms with van der Waals surface area (Å²) >= 11 is 5.83. The van der Waals surface area contributed by atoms with Crippen molar-refractivity contribution in [3.8, 4) is 0 Å². The van der Waals surface area contributed by atoms with Gasteiger partial charge in [0.05, 0.1) is 5.57 Å². The molecule has 0 saturated carbocycles. The van der Waals surface area contributed by atoms with Crippen molar-refractivity contribution in [2.45, 2.75) is 6.42 Å². The van der Waals surface area contributed by atoms with E-state index in [1.807, 2.05) is 24.3 Å². The number of nitrogens with one attached hydrogen (secondary N) is 2. The van der Waals surface area contributed by atoms with Gasteiger partial charge in [-0.05, 0) is 30.2 Å². The average molecular weight is 316 g/mol. The van der Waals surface area contributed by atoms with E-state index in [-0.39, 0.29) is 12.5 Å². The number of amides is 1. The predicted molar refractivity (Wildman–Crippen MR) is 86.7 cm³/mol. The van der Waals surface area contributed by atoms with Crippen LogP contribution in [0.1, 0.15) is 11.1 Å². The molecule has 0 saturated heterocycles. The number of rotatable bonds is 4. The molecule has 1 amide bonds. The maximum absolute atomic E-state index is 12.0. The number of halogens is 1. The van der Waals surface area contributed by atoms with E-state index in [9.17, 15) is 4.79 Å². The normalized spacial score (nSPS) is 14.8. The Balaban J connectivity index is 1.90. The molecule has 112 valence electrons. The highest BCUT2D eigenvalue weighted by atomic mass is 35.5. The number of aromatic nitrogens is 1. The van der Waals surface area contributed by atoms with Crippen LogP contribution in [-0.4, -0.2) is 22.6 Å². The Morgan fingerprint density at radius 3 is 2.91 bits per heavy atom.